The topological polar surface area (TPSA) is 107 Å². The summed E-state index contributed by atoms with van der Waals surface area (Å²) in [6, 6.07) is 10.9. The summed E-state index contributed by atoms with van der Waals surface area (Å²) >= 11 is 0. The maximum Gasteiger partial charge on any atom is 0.251 e. The molecule has 0 fully saturated rings. The number of primary sulfonamides is 1. The molecule has 0 aliphatic carbocycles. The summed E-state index contributed by atoms with van der Waals surface area (Å²) < 4.78 is 25.6. The quantitative estimate of drug-likeness (QED) is 0.620. The maximum absolute atomic E-state index is 12.5. The molecular weight excluding hydrogens is 376 g/mol. The number of amides is 1. The van der Waals surface area contributed by atoms with Gasteiger partial charge in [0.2, 0.25) is 10.0 Å². The van der Waals surface area contributed by atoms with Crippen LogP contribution in [0.3, 0.4) is 0 Å². The zero-order valence-corrected chi connectivity index (χ0v) is 17.0. The number of sulfonamides is 1. The SMILES string of the molecule is Cc1cc(C(=O)NCCCn2c(C)nc3ccccc32)cc(S(N)(=O)=O)c1C. The molecule has 0 spiro atoms. The van der Waals surface area contributed by atoms with Gasteiger partial charge in [-0.15, -0.1) is 0 Å². The van der Waals surface area contributed by atoms with Gasteiger partial charge in [0.15, 0.2) is 0 Å². The van der Waals surface area contributed by atoms with Crippen LogP contribution in [0.25, 0.3) is 11.0 Å². The standard InChI is InChI=1S/C20H24N4O3S/c1-13-11-16(12-19(14(13)2)28(21,26)27)20(25)22-9-6-10-24-15(3)23-17-7-4-5-8-18(17)24/h4-5,7-8,11-12H,6,9-10H2,1-3H3,(H,22,25)(H2,21,26,27). The molecule has 28 heavy (non-hydrogen) atoms. The number of carbonyl (C=O) groups excluding carboxylic acids is 1. The average Bonchev–Trinajstić information content (AvgIpc) is 2.95. The molecule has 8 heteroatoms. The Morgan fingerprint density at radius 1 is 1.18 bits per heavy atom. The average molecular weight is 401 g/mol. The third kappa shape index (κ3) is 4.07. The van der Waals surface area contributed by atoms with Crippen LogP contribution in [0.2, 0.25) is 0 Å². The van der Waals surface area contributed by atoms with Crippen LogP contribution < -0.4 is 10.5 Å². The van der Waals surface area contributed by atoms with Gasteiger partial charge in [-0.05, 0) is 62.6 Å². The van der Waals surface area contributed by atoms with Gasteiger partial charge in [0.05, 0.1) is 15.9 Å². The number of hydrogen-bond acceptors (Lipinski definition) is 4. The van der Waals surface area contributed by atoms with Crippen LogP contribution in [-0.4, -0.2) is 30.4 Å². The van der Waals surface area contributed by atoms with Crippen LogP contribution in [0, 0.1) is 20.8 Å². The number of nitrogens with two attached hydrogens (primary N) is 1. The predicted molar refractivity (Wildman–Crippen MR) is 109 cm³/mol. The van der Waals surface area contributed by atoms with Gasteiger partial charge in [-0.25, -0.2) is 18.5 Å². The van der Waals surface area contributed by atoms with Crippen molar-refractivity contribution < 1.29 is 13.2 Å². The summed E-state index contributed by atoms with van der Waals surface area (Å²) in [5, 5.41) is 8.11. The number of nitrogens with one attached hydrogen (secondary N) is 1. The highest BCUT2D eigenvalue weighted by Crippen LogP contribution is 2.20. The van der Waals surface area contributed by atoms with E-state index in [1.54, 1.807) is 19.9 Å². The Balaban J connectivity index is 1.66. The van der Waals surface area contributed by atoms with Crippen LogP contribution in [0.4, 0.5) is 0 Å². The Morgan fingerprint density at radius 3 is 2.61 bits per heavy atom. The Kier molecular flexibility index (Phi) is 5.53. The van der Waals surface area contributed by atoms with Crippen molar-refractivity contribution in [2.45, 2.75) is 38.6 Å². The van der Waals surface area contributed by atoms with Gasteiger partial charge in [0.1, 0.15) is 5.82 Å². The van der Waals surface area contributed by atoms with Gasteiger partial charge in [0, 0.05) is 18.7 Å². The molecule has 0 radical (unpaired) electrons. The zero-order valence-electron chi connectivity index (χ0n) is 16.2. The van der Waals surface area contributed by atoms with Crippen molar-refractivity contribution in [2.24, 2.45) is 5.14 Å². The normalized spacial score (nSPS) is 11.7. The fraction of sp³-hybridized carbons (Fsp3) is 0.300. The second-order valence-corrected chi connectivity index (χ2v) is 8.40. The van der Waals surface area contributed by atoms with Gasteiger partial charge < -0.3 is 9.88 Å². The molecule has 0 saturated heterocycles. The number of fused-ring (bicyclic) bond motifs is 1. The number of carbonyl (C=O) groups is 1. The van der Waals surface area contributed by atoms with Crippen LogP contribution in [-0.2, 0) is 16.6 Å². The third-order valence-corrected chi connectivity index (χ3v) is 5.91. The number of aromatic nitrogens is 2. The van der Waals surface area contributed by atoms with E-state index in [2.05, 4.69) is 14.9 Å². The highest BCUT2D eigenvalue weighted by Gasteiger charge is 2.17. The van der Waals surface area contributed by atoms with Crippen LogP contribution >= 0.6 is 0 Å². The molecule has 3 rings (SSSR count). The highest BCUT2D eigenvalue weighted by molar-refractivity contribution is 7.89. The molecule has 0 aliphatic heterocycles. The third-order valence-electron chi connectivity index (χ3n) is 4.88. The molecule has 1 aromatic heterocycles. The number of rotatable bonds is 6. The van der Waals surface area contributed by atoms with Crippen molar-refractivity contribution in [3.63, 3.8) is 0 Å². The number of hydrogen-bond donors (Lipinski definition) is 2. The first-order valence-electron chi connectivity index (χ1n) is 9.02. The van der Waals surface area contributed by atoms with Crippen molar-refractivity contribution in [1.82, 2.24) is 14.9 Å². The summed E-state index contributed by atoms with van der Waals surface area (Å²) in [6.45, 7) is 6.58. The lowest BCUT2D eigenvalue weighted by atomic mass is 10.1. The van der Waals surface area contributed by atoms with Crippen molar-refractivity contribution in [1.29, 1.82) is 0 Å². The van der Waals surface area contributed by atoms with Gasteiger partial charge in [0.25, 0.3) is 5.91 Å². The predicted octanol–water partition coefficient (Wildman–Crippen LogP) is 2.43. The lowest BCUT2D eigenvalue weighted by molar-refractivity contribution is 0.0952. The molecular formula is C20H24N4O3S. The number of para-hydroxylation sites is 2. The Morgan fingerprint density at radius 2 is 1.89 bits per heavy atom. The van der Waals surface area contributed by atoms with E-state index in [9.17, 15) is 13.2 Å². The first-order valence-corrected chi connectivity index (χ1v) is 10.6. The molecule has 7 nitrogen and oxygen atoms in total. The van der Waals surface area contributed by atoms with E-state index in [0.717, 1.165) is 29.8 Å². The fourth-order valence-electron chi connectivity index (χ4n) is 3.27. The van der Waals surface area contributed by atoms with Gasteiger partial charge in [-0.2, -0.15) is 0 Å². The minimum atomic E-state index is -3.88. The Bertz CT molecular complexity index is 1150. The smallest absolute Gasteiger partial charge is 0.251 e. The summed E-state index contributed by atoms with van der Waals surface area (Å²) in [6.07, 6.45) is 0.722. The first kappa shape index (κ1) is 20.0. The molecule has 0 aliphatic rings. The summed E-state index contributed by atoms with van der Waals surface area (Å²) in [5.74, 6) is 0.611. The second kappa shape index (κ2) is 7.73. The number of imidazole rings is 1. The zero-order chi connectivity index (χ0) is 20.5. The summed E-state index contributed by atoms with van der Waals surface area (Å²) in [5.41, 5.74) is 3.57. The van der Waals surface area contributed by atoms with Crippen molar-refractivity contribution in [2.75, 3.05) is 6.54 Å². The molecule has 1 heterocycles. The molecule has 3 aromatic rings. The van der Waals surface area contributed by atoms with Crippen LogP contribution in [0.15, 0.2) is 41.3 Å². The Labute approximate surface area is 164 Å². The largest absolute Gasteiger partial charge is 0.352 e. The van der Waals surface area contributed by atoms with E-state index in [0.29, 0.717) is 17.7 Å². The molecule has 0 saturated carbocycles. The van der Waals surface area contributed by atoms with Crippen molar-refractivity contribution in [3.8, 4) is 0 Å². The van der Waals surface area contributed by atoms with Gasteiger partial charge >= 0.3 is 0 Å². The monoisotopic (exact) mass is 400 g/mol. The van der Waals surface area contributed by atoms with E-state index < -0.39 is 10.0 Å². The first-order chi connectivity index (χ1) is 13.2. The molecule has 148 valence electrons. The maximum atomic E-state index is 12.5. The lowest BCUT2D eigenvalue weighted by Gasteiger charge is -2.12. The highest BCUT2D eigenvalue weighted by atomic mass is 32.2. The molecule has 0 atom stereocenters. The minimum Gasteiger partial charge on any atom is -0.352 e. The second-order valence-electron chi connectivity index (χ2n) is 6.87. The van der Waals surface area contributed by atoms with E-state index in [-0.39, 0.29) is 16.4 Å². The summed E-state index contributed by atoms with van der Waals surface area (Å²) in [4.78, 5) is 17.0. The molecule has 2 aromatic carbocycles. The molecule has 1 amide bonds. The fourth-order valence-corrected chi connectivity index (χ4v) is 4.15. The number of aryl methyl sites for hydroxylation is 3. The van der Waals surface area contributed by atoms with E-state index in [1.165, 1.54) is 6.07 Å². The van der Waals surface area contributed by atoms with Crippen LogP contribution in [0.5, 0.6) is 0 Å². The summed E-state index contributed by atoms with van der Waals surface area (Å²) in [7, 11) is -3.88. The minimum absolute atomic E-state index is 0.0156. The van der Waals surface area contributed by atoms with E-state index >= 15 is 0 Å². The molecule has 3 N–H and O–H groups in total. The van der Waals surface area contributed by atoms with Crippen LogP contribution in [0.1, 0.15) is 33.7 Å². The molecule has 0 bridgehead atoms. The van der Waals surface area contributed by atoms with Gasteiger partial charge in [-0.1, -0.05) is 12.1 Å². The lowest BCUT2D eigenvalue weighted by Crippen LogP contribution is -2.26. The number of nitrogens with zero attached hydrogens (tertiary/aromatic N) is 2. The van der Waals surface area contributed by atoms with Crippen molar-refractivity contribution >= 4 is 27.0 Å². The van der Waals surface area contributed by atoms with Crippen molar-refractivity contribution in [3.05, 3.63) is 58.9 Å². The number of benzene rings is 2. The molecule has 0 unspecified atom stereocenters. The van der Waals surface area contributed by atoms with E-state index in [1.807, 2.05) is 31.2 Å². The van der Waals surface area contributed by atoms with E-state index in [4.69, 9.17) is 5.14 Å². The van der Waals surface area contributed by atoms with Gasteiger partial charge in [-0.3, -0.25) is 4.79 Å². The Hall–Kier alpha value is -2.71.